The van der Waals surface area contributed by atoms with Crippen molar-refractivity contribution in [3.05, 3.63) is 0 Å². The SMILES string of the molecule is CO[Si](C)(CCCOP(C)(=S)SCCC[Si](C)(OC)OC)OC. The summed E-state index contributed by atoms with van der Waals surface area (Å²) in [6.45, 7) is 6.89. The molecular formula is C13H33O5PS2Si2. The normalized spacial score (nSPS) is 15.6. The standard InChI is InChI=1S/C13H33O5PS2Si2/c1-14-22(6,15-2)12-8-10-18-19(5,20)21-11-9-13-23(7,16-3)17-4/h8-13H2,1-7H3. The van der Waals surface area contributed by atoms with Crippen LogP contribution in [0.5, 0.6) is 0 Å². The third-order valence-electron chi connectivity index (χ3n) is 3.93. The second-order valence-electron chi connectivity index (χ2n) is 5.73. The van der Waals surface area contributed by atoms with Crippen molar-refractivity contribution in [2.45, 2.75) is 38.0 Å². The summed E-state index contributed by atoms with van der Waals surface area (Å²) in [5, 5.41) is 0. The van der Waals surface area contributed by atoms with Crippen molar-refractivity contribution >= 4 is 45.8 Å². The molecule has 5 nitrogen and oxygen atoms in total. The molecule has 0 spiro atoms. The fourth-order valence-electron chi connectivity index (χ4n) is 1.86. The van der Waals surface area contributed by atoms with E-state index in [0.29, 0.717) is 6.61 Å². The molecule has 0 heterocycles. The Morgan fingerprint density at radius 3 is 1.74 bits per heavy atom. The minimum atomic E-state index is -1.99. The van der Waals surface area contributed by atoms with Crippen LogP contribution in [0.1, 0.15) is 12.8 Å². The summed E-state index contributed by atoms with van der Waals surface area (Å²) >= 11 is 7.39. The maximum absolute atomic E-state index is 5.95. The topological polar surface area (TPSA) is 46.2 Å². The molecule has 1 unspecified atom stereocenters. The minimum absolute atomic E-state index is 0.679. The van der Waals surface area contributed by atoms with Gasteiger partial charge in [0.25, 0.3) is 0 Å². The van der Waals surface area contributed by atoms with Crippen LogP contribution < -0.4 is 0 Å². The largest absolute Gasteiger partial charge is 0.398 e. The van der Waals surface area contributed by atoms with Crippen LogP contribution in [0.25, 0.3) is 0 Å². The maximum Gasteiger partial charge on any atom is 0.334 e. The predicted molar refractivity (Wildman–Crippen MR) is 109 cm³/mol. The summed E-state index contributed by atoms with van der Waals surface area (Å²) in [4.78, 5) is 0. The molecule has 0 aromatic heterocycles. The van der Waals surface area contributed by atoms with Crippen molar-refractivity contribution in [1.82, 2.24) is 0 Å². The van der Waals surface area contributed by atoms with E-state index in [1.807, 2.05) is 0 Å². The lowest BCUT2D eigenvalue weighted by Crippen LogP contribution is -2.36. The van der Waals surface area contributed by atoms with Crippen molar-refractivity contribution in [1.29, 1.82) is 0 Å². The molecule has 0 aliphatic rings. The molecule has 0 bridgehead atoms. The second-order valence-corrected chi connectivity index (χ2v) is 21.0. The van der Waals surface area contributed by atoms with E-state index in [-0.39, 0.29) is 0 Å². The first-order valence-electron chi connectivity index (χ1n) is 7.73. The van der Waals surface area contributed by atoms with Gasteiger partial charge in [-0.2, -0.15) is 0 Å². The van der Waals surface area contributed by atoms with Gasteiger partial charge >= 0.3 is 17.1 Å². The molecule has 0 radical (unpaired) electrons. The average Bonchev–Trinajstić information content (AvgIpc) is 2.55. The lowest BCUT2D eigenvalue weighted by Gasteiger charge is -2.24. The highest BCUT2D eigenvalue weighted by Gasteiger charge is 2.29. The Morgan fingerprint density at radius 2 is 1.30 bits per heavy atom. The Kier molecular flexibility index (Phi) is 12.4. The lowest BCUT2D eigenvalue weighted by atomic mass is 10.5. The van der Waals surface area contributed by atoms with Crippen molar-refractivity contribution in [2.24, 2.45) is 0 Å². The molecule has 0 aliphatic carbocycles. The van der Waals surface area contributed by atoms with Crippen LogP contribution in [0.4, 0.5) is 0 Å². The number of rotatable bonds is 14. The molecule has 23 heavy (non-hydrogen) atoms. The zero-order valence-electron chi connectivity index (χ0n) is 15.5. The van der Waals surface area contributed by atoms with E-state index in [4.69, 9.17) is 34.0 Å². The molecule has 1 atom stereocenters. The Bertz CT molecular complexity index is 338. The van der Waals surface area contributed by atoms with Gasteiger partial charge in [-0.05, 0) is 44.7 Å². The molecule has 0 N–H and O–H groups in total. The van der Waals surface area contributed by atoms with E-state index < -0.39 is 22.6 Å². The second kappa shape index (κ2) is 11.8. The van der Waals surface area contributed by atoms with E-state index in [2.05, 4.69) is 19.8 Å². The van der Waals surface area contributed by atoms with Crippen LogP contribution in [0.2, 0.25) is 25.2 Å². The highest BCUT2D eigenvalue weighted by molar-refractivity contribution is 8.69. The first kappa shape index (κ1) is 24.2. The fraction of sp³-hybridized carbons (Fsp3) is 1.00. The summed E-state index contributed by atoms with van der Waals surface area (Å²) in [6.07, 6.45) is 1.97. The molecule has 0 fully saturated rings. The van der Waals surface area contributed by atoms with Crippen molar-refractivity contribution in [3.8, 4) is 0 Å². The lowest BCUT2D eigenvalue weighted by molar-refractivity contribution is 0.244. The molecule has 0 aliphatic heterocycles. The Labute approximate surface area is 153 Å². The van der Waals surface area contributed by atoms with Gasteiger partial charge in [0, 0.05) is 34.2 Å². The van der Waals surface area contributed by atoms with Gasteiger partial charge in [-0.1, -0.05) is 23.2 Å². The van der Waals surface area contributed by atoms with Crippen LogP contribution in [0.15, 0.2) is 0 Å². The van der Waals surface area contributed by atoms with E-state index in [9.17, 15) is 0 Å². The zero-order chi connectivity index (χ0) is 18.0. The minimum Gasteiger partial charge on any atom is -0.398 e. The Hall–Kier alpha value is 1.23. The third-order valence-corrected chi connectivity index (χ3v) is 15.0. The third kappa shape index (κ3) is 10.7. The van der Waals surface area contributed by atoms with Gasteiger partial charge in [-0.3, -0.25) is 0 Å². The van der Waals surface area contributed by atoms with E-state index in [1.165, 1.54) is 0 Å². The number of hydrogen-bond donors (Lipinski definition) is 0. The fourth-order valence-corrected chi connectivity index (χ4v) is 8.74. The van der Waals surface area contributed by atoms with Crippen LogP contribution in [0.3, 0.4) is 0 Å². The van der Waals surface area contributed by atoms with E-state index in [0.717, 1.165) is 30.7 Å². The molecule has 10 heteroatoms. The van der Waals surface area contributed by atoms with E-state index >= 15 is 0 Å². The van der Waals surface area contributed by atoms with E-state index in [1.54, 1.807) is 39.8 Å². The summed E-state index contributed by atoms with van der Waals surface area (Å²) in [7, 11) is 2.95. The van der Waals surface area contributed by atoms with Crippen molar-refractivity contribution in [3.63, 3.8) is 0 Å². The highest BCUT2D eigenvalue weighted by Crippen LogP contribution is 2.57. The van der Waals surface area contributed by atoms with Gasteiger partial charge in [0.2, 0.25) is 0 Å². The van der Waals surface area contributed by atoms with Crippen LogP contribution in [-0.2, 0) is 34.0 Å². The van der Waals surface area contributed by atoms with Crippen molar-refractivity contribution < 1.29 is 22.2 Å². The summed E-state index contributed by atoms with van der Waals surface area (Å²) in [5.41, 5.74) is -1.77. The Morgan fingerprint density at radius 1 is 0.870 bits per heavy atom. The zero-order valence-corrected chi connectivity index (χ0v) is 20.1. The Balaban J connectivity index is 3.96. The van der Waals surface area contributed by atoms with Gasteiger partial charge in [0.1, 0.15) is 5.47 Å². The summed E-state index contributed by atoms with van der Waals surface area (Å²) in [6, 6.07) is 1.90. The molecule has 0 amide bonds. The number of hydrogen-bond acceptors (Lipinski definition) is 7. The molecule has 140 valence electrons. The molecule has 0 rings (SSSR count). The van der Waals surface area contributed by atoms with Gasteiger partial charge in [-0.25, -0.2) is 0 Å². The molecule has 0 aromatic rings. The van der Waals surface area contributed by atoms with Gasteiger partial charge < -0.3 is 22.2 Å². The maximum atomic E-state index is 5.95. The van der Waals surface area contributed by atoms with Gasteiger partial charge in [-0.15, -0.1) is 0 Å². The molecule has 0 aromatic carbocycles. The van der Waals surface area contributed by atoms with Crippen LogP contribution in [0, 0.1) is 0 Å². The summed E-state index contributed by atoms with van der Waals surface area (Å²) < 4.78 is 27.9. The monoisotopic (exact) mass is 420 g/mol. The smallest absolute Gasteiger partial charge is 0.334 e. The van der Waals surface area contributed by atoms with Gasteiger partial charge in [0.05, 0.1) is 6.61 Å². The average molecular weight is 421 g/mol. The van der Waals surface area contributed by atoms with Crippen LogP contribution in [-0.4, -0.2) is 64.6 Å². The molecule has 0 saturated carbocycles. The molecule has 0 saturated heterocycles. The van der Waals surface area contributed by atoms with Crippen LogP contribution >= 0.6 is 16.8 Å². The first-order valence-corrected chi connectivity index (χ1v) is 17.5. The first-order chi connectivity index (χ1) is 10.7. The summed E-state index contributed by atoms with van der Waals surface area (Å²) in [5.74, 6) is 0.992. The predicted octanol–water partition coefficient (Wildman–Crippen LogP) is 4.19. The van der Waals surface area contributed by atoms with Gasteiger partial charge in [0.15, 0.2) is 0 Å². The molecular weight excluding hydrogens is 387 g/mol. The quantitative estimate of drug-likeness (QED) is 0.237. The highest BCUT2D eigenvalue weighted by atomic mass is 32.9. The van der Waals surface area contributed by atoms with Crippen molar-refractivity contribution in [2.75, 3.05) is 47.5 Å².